The molecule has 1 fully saturated rings. The second-order valence-electron chi connectivity index (χ2n) is 7.83. The Bertz CT molecular complexity index is 1140. The molecule has 4 rings (SSSR count). The molecule has 0 bridgehead atoms. The molecule has 1 amide bonds. The van der Waals surface area contributed by atoms with Gasteiger partial charge in [0.05, 0.1) is 26.2 Å². The maximum atomic E-state index is 13.3. The van der Waals surface area contributed by atoms with Gasteiger partial charge in [-0.05, 0) is 42.7 Å². The van der Waals surface area contributed by atoms with Gasteiger partial charge < -0.3 is 29.0 Å². The summed E-state index contributed by atoms with van der Waals surface area (Å²) < 4.78 is 55.0. The van der Waals surface area contributed by atoms with Crippen molar-refractivity contribution in [3.05, 3.63) is 35.9 Å². The number of benzene rings is 2. The molecule has 1 saturated heterocycles. The highest BCUT2D eigenvalue weighted by molar-refractivity contribution is 7.89. The predicted octanol–water partition coefficient (Wildman–Crippen LogP) is 1.95. The van der Waals surface area contributed by atoms with Crippen LogP contribution in [0.1, 0.15) is 18.4 Å². The lowest BCUT2D eigenvalue weighted by Crippen LogP contribution is -2.45. The van der Waals surface area contributed by atoms with Gasteiger partial charge in [-0.25, -0.2) is 8.42 Å². The maximum Gasteiger partial charge on any atom is 0.243 e. The number of rotatable bonds is 8. The summed E-state index contributed by atoms with van der Waals surface area (Å²) in [6.07, 6.45) is 1.02. The number of amides is 1. The minimum absolute atomic E-state index is 0.0704. The average Bonchev–Trinajstić information content (AvgIpc) is 3.37. The van der Waals surface area contributed by atoms with Crippen LogP contribution in [0.2, 0.25) is 0 Å². The predicted molar refractivity (Wildman–Crippen MR) is 122 cm³/mol. The Morgan fingerprint density at radius 3 is 2.35 bits per heavy atom. The molecule has 2 aromatic rings. The van der Waals surface area contributed by atoms with Crippen LogP contribution in [0.3, 0.4) is 0 Å². The summed E-state index contributed by atoms with van der Waals surface area (Å²) in [5.74, 6) is 1.91. The summed E-state index contributed by atoms with van der Waals surface area (Å²) in [6.45, 7) is 1.20. The van der Waals surface area contributed by atoms with Crippen LogP contribution in [0, 0.1) is 0 Å². The zero-order valence-electron chi connectivity index (χ0n) is 19.3. The van der Waals surface area contributed by atoms with E-state index in [4.69, 9.17) is 23.7 Å². The van der Waals surface area contributed by atoms with Crippen LogP contribution >= 0.6 is 0 Å². The first kappa shape index (κ1) is 24.0. The summed E-state index contributed by atoms with van der Waals surface area (Å²) in [4.78, 5) is 13.1. The average molecular weight is 493 g/mol. The van der Waals surface area contributed by atoms with Gasteiger partial charge in [0.1, 0.15) is 19.3 Å². The number of hydrogen-bond acceptors (Lipinski definition) is 8. The number of hydrogen-bond donors (Lipinski definition) is 1. The Balaban J connectivity index is 1.50. The molecule has 0 radical (unpaired) electrons. The third-order valence-corrected chi connectivity index (χ3v) is 7.72. The number of nitrogens with one attached hydrogen (secondary N) is 1. The lowest BCUT2D eigenvalue weighted by molar-refractivity contribution is -0.124. The molecule has 2 aliphatic rings. The molecule has 2 heterocycles. The highest BCUT2D eigenvalue weighted by Crippen LogP contribution is 2.38. The molecule has 2 aromatic carbocycles. The van der Waals surface area contributed by atoms with E-state index in [1.54, 1.807) is 18.2 Å². The first-order valence-electron chi connectivity index (χ1n) is 10.9. The third kappa shape index (κ3) is 4.58. The second-order valence-corrected chi connectivity index (χ2v) is 9.72. The van der Waals surface area contributed by atoms with Gasteiger partial charge in [-0.2, -0.15) is 4.31 Å². The van der Waals surface area contributed by atoms with Crippen molar-refractivity contribution in [3.63, 3.8) is 0 Å². The normalized spacial score (nSPS) is 17.8. The topological polar surface area (TPSA) is 113 Å². The fourth-order valence-corrected chi connectivity index (χ4v) is 5.83. The van der Waals surface area contributed by atoms with Gasteiger partial charge in [-0.3, -0.25) is 4.79 Å². The minimum Gasteiger partial charge on any atom is -0.493 e. The summed E-state index contributed by atoms with van der Waals surface area (Å²) in [5.41, 5.74) is 0.724. The largest absolute Gasteiger partial charge is 0.493 e. The van der Waals surface area contributed by atoms with Crippen LogP contribution in [0.25, 0.3) is 0 Å². The zero-order chi connectivity index (χ0) is 24.3. The van der Waals surface area contributed by atoms with Crippen LogP contribution in [-0.2, 0) is 21.4 Å². The number of fused-ring (bicyclic) bond motifs is 1. The van der Waals surface area contributed by atoms with Crippen LogP contribution < -0.4 is 29.0 Å². The molecule has 0 unspecified atom stereocenters. The molecule has 1 N–H and O–H groups in total. The van der Waals surface area contributed by atoms with Crippen molar-refractivity contribution in [1.82, 2.24) is 9.62 Å². The van der Waals surface area contributed by atoms with Gasteiger partial charge in [0.2, 0.25) is 21.7 Å². The number of carbonyl (C=O) groups excluding carboxylic acids is 1. The lowest BCUT2D eigenvalue weighted by Gasteiger charge is -2.25. The lowest BCUT2D eigenvalue weighted by atomic mass is 10.1. The van der Waals surface area contributed by atoms with Crippen LogP contribution in [-0.4, -0.2) is 65.8 Å². The van der Waals surface area contributed by atoms with Gasteiger partial charge in [-0.1, -0.05) is 0 Å². The molecule has 10 nitrogen and oxygen atoms in total. The van der Waals surface area contributed by atoms with Crippen molar-refractivity contribution in [2.24, 2.45) is 0 Å². The first-order chi connectivity index (χ1) is 16.4. The highest BCUT2D eigenvalue weighted by atomic mass is 32.2. The Kier molecular flexibility index (Phi) is 7.03. The molecule has 1 atom stereocenters. The van der Waals surface area contributed by atoms with Crippen LogP contribution in [0.4, 0.5) is 0 Å². The van der Waals surface area contributed by atoms with Crippen molar-refractivity contribution in [2.75, 3.05) is 41.1 Å². The maximum absolute atomic E-state index is 13.3. The van der Waals surface area contributed by atoms with Crippen LogP contribution in [0.15, 0.2) is 35.2 Å². The van der Waals surface area contributed by atoms with E-state index in [2.05, 4.69) is 5.32 Å². The van der Waals surface area contributed by atoms with E-state index in [-0.39, 0.29) is 23.9 Å². The third-order valence-electron chi connectivity index (χ3n) is 5.82. The van der Waals surface area contributed by atoms with Crippen molar-refractivity contribution in [2.45, 2.75) is 30.3 Å². The zero-order valence-corrected chi connectivity index (χ0v) is 20.1. The Morgan fingerprint density at radius 1 is 1.03 bits per heavy atom. The molecule has 0 saturated carbocycles. The monoisotopic (exact) mass is 492 g/mol. The Labute approximate surface area is 198 Å². The van der Waals surface area contributed by atoms with Gasteiger partial charge in [0, 0.05) is 19.2 Å². The van der Waals surface area contributed by atoms with Crippen molar-refractivity contribution in [1.29, 1.82) is 0 Å². The summed E-state index contributed by atoms with van der Waals surface area (Å²) in [7, 11) is 0.639. The number of carbonyl (C=O) groups is 1. The van der Waals surface area contributed by atoms with E-state index >= 15 is 0 Å². The van der Waals surface area contributed by atoms with E-state index in [0.29, 0.717) is 54.8 Å². The molecule has 0 aromatic heterocycles. The fourth-order valence-electron chi connectivity index (χ4n) is 4.15. The van der Waals surface area contributed by atoms with Crippen molar-refractivity contribution < 1.29 is 36.9 Å². The highest BCUT2D eigenvalue weighted by Gasteiger charge is 2.39. The second kappa shape index (κ2) is 9.98. The molecule has 34 heavy (non-hydrogen) atoms. The van der Waals surface area contributed by atoms with Crippen LogP contribution in [0.5, 0.6) is 28.7 Å². The SMILES string of the molecule is COc1cc(CNC(=O)[C@@H]2CCCN2S(=O)(=O)c2ccc3c(c2)OCCO3)cc(OC)c1OC. The molecule has 11 heteroatoms. The minimum atomic E-state index is -3.90. The van der Waals surface area contributed by atoms with E-state index < -0.39 is 16.1 Å². The summed E-state index contributed by atoms with van der Waals surface area (Å²) in [6, 6.07) is 7.18. The Hall–Kier alpha value is -3.18. The smallest absolute Gasteiger partial charge is 0.243 e. The molecule has 184 valence electrons. The van der Waals surface area contributed by atoms with E-state index in [9.17, 15) is 13.2 Å². The standard InChI is InChI=1S/C23H28N2O8S/c1-29-20-11-15(12-21(30-2)22(20)31-3)14-24-23(26)17-5-4-8-25(17)34(27,28)16-6-7-18-19(13-16)33-10-9-32-18/h6-7,11-13,17H,4-5,8-10,14H2,1-3H3,(H,24,26)/t17-/m0/s1. The van der Waals surface area contributed by atoms with Crippen molar-refractivity contribution >= 4 is 15.9 Å². The molecular formula is C23H28N2O8S. The van der Waals surface area contributed by atoms with Gasteiger partial charge >= 0.3 is 0 Å². The molecular weight excluding hydrogens is 464 g/mol. The molecule has 2 aliphatic heterocycles. The van der Waals surface area contributed by atoms with Gasteiger partial charge in [0.15, 0.2) is 23.0 Å². The van der Waals surface area contributed by atoms with E-state index in [1.807, 2.05) is 0 Å². The number of methoxy groups -OCH3 is 3. The number of nitrogens with zero attached hydrogens (tertiary/aromatic N) is 1. The van der Waals surface area contributed by atoms with E-state index in [1.165, 1.54) is 37.8 Å². The van der Waals surface area contributed by atoms with Gasteiger partial charge in [0.25, 0.3) is 0 Å². The van der Waals surface area contributed by atoms with E-state index in [0.717, 1.165) is 5.56 Å². The quantitative estimate of drug-likeness (QED) is 0.595. The van der Waals surface area contributed by atoms with Crippen molar-refractivity contribution in [3.8, 4) is 28.7 Å². The summed E-state index contributed by atoms with van der Waals surface area (Å²) in [5, 5.41) is 2.84. The fraction of sp³-hybridized carbons (Fsp3) is 0.435. The number of sulfonamides is 1. The first-order valence-corrected chi connectivity index (χ1v) is 12.3. The molecule has 0 spiro atoms. The molecule has 0 aliphatic carbocycles. The Morgan fingerprint density at radius 2 is 1.71 bits per heavy atom. The summed E-state index contributed by atoms with van der Waals surface area (Å²) >= 11 is 0. The van der Waals surface area contributed by atoms with Gasteiger partial charge in [-0.15, -0.1) is 0 Å². The number of ether oxygens (including phenoxy) is 5.